The van der Waals surface area contributed by atoms with Crippen LogP contribution in [0.5, 0.6) is 0 Å². The second-order valence-electron chi connectivity index (χ2n) is 4.64. The maximum absolute atomic E-state index is 13.6. The molecule has 0 spiro atoms. The minimum absolute atomic E-state index is 0.0448. The zero-order valence-corrected chi connectivity index (χ0v) is 9.96. The van der Waals surface area contributed by atoms with Gasteiger partial charge in [0.2, 0.25) is 0 Å². The molecule has 0 saturated heterocycles. The summed E-state index contributed by atoms with van der Waals surface area (Å²) in [6, 6.07) is 7.19. The van der Waals surface area contributed by atoms with E-state index >= 15 is 0 Å². The summed E-state index contributed by atoms with van der Waals surface area (Å²) < 4.78 is 13.6. The molecule has 0 N–H and O–H groups in total. The van der Waals surface area contributed by atoms with Crippen LogP contribution in [0.2, 0.25) is 0 Å². The lowest BCUT2D eigenvalue weighted by molar-refractivity contribution is 0.455. The fourth-order valence-corrected chi connectivity index (χ4v) is 2.12. The van der Waals surface area contributed by atoms with Gasteiger partial charge in [0.15, 0.2) is 0 Å². The molecule has 0 fully saturated rings. The Bertz CT molecular complexity index is 291. The van der Waals surface area contributed by atoms with Crippen LogP contribution in [0.25, 0.3) is 0 Å². The van der Waals surface area contributed by atoms with Crippen LogP contribution in [0.15, 0.2) is 24.3 Å². The van der Waals surface area contributed by atoms with E-state index in [9.17, 15) is 4.39 Å². The summed E-state index contributed by atoms with van der Waals surface area (Å²) >= 11 is 0. The zero-order valence-electron chi connectivity index (χ0n) is 9.96. The highest BCUT2D eigenvalue weighted by Gasteiger charge is 2.15. The first kappa shape index (κ1) is 12.2. The highest BCUT2D eigenvalue weighted by molar-refractivity contribution is 5.21. The standard InChI is InChI=1S/C14H21F/c1-4-7-12(10-11(2)3)13-8-5-6-9-14(13)15/h5-6,8-9,11-12H,4,7,10H2,1-3H3. The minimum atomic E-state index is -0.0448. The molecule has 1 rings (SSSR count). The lowest BCUT2D eigenvalue weighted by Crippen LogP contribution is -2.05. The Morgan fingerprint density at radius 3 is 2.40 bits per heavy atom. The Morgan fingerprint density at radius 2 is 1.87 bits per heavy atom. The third-order valence-corrected chi connectivity index (χ3v) is 2.74. The molecule has 0 bridgehead atoms. The third kappa shape index (κ3) is 3.65. The van der Waals surface area contributed by atoms with Crippen LogP contribution in [0.3, 0.4) is 0 Å². The van der Waals surface area contributed by atoms with Crippen molar-refractivity contribution in [1.82, 2.24) is 0 Å². The number of benzene rings is 1. The van der Waals surface area contributed by atoms with Crippen molar-refractivity contribution in [2.24, 2.45) is 5.92 Å². The topological polar surface area (TPSA) is 0 Å². The van der Waals surface area contributed by atoms with Crippen molar-refractivity contribution in [3.63, 3.8) is 0 Å². The van der Waals surface area contributed by atoms with Crippen molar-refractivity contribution in [3.8, 4) is 0 Å². The molecule has 0 radical (unpaired) electrons. The summed E-state index contributed by atoms with van der Waals surface area (Å²) in [5.41, 5.74) is 0.896. The first-order valence-corrected chi connectivity index (χ1v) is 5.89. The Kier molecular flexibility index (Phi) is 4.80. The van der Waals surface area contributed by atoms with E-state index in [0.29, 0.717) is 11.8 Å². The molecule has 1 unspecified atom stereocenters. The van der Waals surface area contributed by atoms with Gasteiger partial charge in [0.25, 0.3) is 0 Å². The van der Waals surface area contributed by atoms with Crippen LogP contribution >= 0.6 is 0 Å². The summed E-state index contributed by atoms with van der Waals surface area (Å²) in [6.45, 7) is 6.56. The average Bonchev–Trinajstić information content (AvgIpc) is 2.17. The maximum Gasteiger partial charge on any atom is 0.126 e. The van der Waals surface area contributed by atoms with Crippen LogP contribution in [-0.2, 0) is 0 Å². The van der Waals surface area contributed by atoms with Crippen molar-refractivity contribution in [2.45, 2.75) is 46.0 Å². The molecular weight excluding hydrogens is 187 g/mol. The summed E-state index contributed by atoms with van der Waals surface area (Å²) in [6.07, 6.45) is 3.28. The van der Waals surface area contributed by atoms with Crippen LogP contribution in [0, 0.1) is 11.7 Å². The molecule has 84 valence electrons. The van der Waals surface area contributed by atoms with E-state index in [2.05, 4.69) is 20.8 Å². The number of halogens is 1. The number of rotatable bonds is 5. The van der Waals surface area contributed by atoms with E-state index in [1.807, 2.05) is 12.1 Å². The van der Waals surface area contributed by atoms with Gasteiger partial charge in [-0.1, -0.05) is 45.4 Å². The molecule has 1 heteroatoms. The van der Waals surface area contributed by atoms with Crippen LogP contribution in [-0.4, -0.2) is 0 Å². The molecule has 0 aliphatic rings. The molecular formula is C14H21F. The van der Waals surface area contributed by atoms with Crippen molar-refractivity contribution >= 4 is 0 Å². The lowest BCUT2D eigenvalue weighted by atomic mass is 9.87. The van der Waals surface area contributed by atoms with Crippen molar-refractivity contribution in [2.75, 3.05) is 0 Å². The molecule has 15 heavy (non-hydrogen) atoms. The van der Waals surface area contributed by atoms with Gasteiger partial charge in [-0.2, -0.15) is 0 Å². The molecule has 0 aromatic heterocycles. The third-order valence-electron chi connectivity index (χ3n) is 2.74. The van der Waals surface area contributed by atoms with E-state index < -0.39 is 0 Å². The first-order valence-electron chi connectivity index (χ1n) is 5.89. The molecule has 1 aromatic rings. The summed E-state index contributed by atoms with van der Waals surface area (Å²) in [5.74, 6) is 0.967. The normalized spacial score (nSPS) is 13.1. The Morgan fingerprint density at radius 1 is 1.20 bits per heavy atom. The van der Waals surface area contributed by atoms with Gasteiger partial charge in [-0.05, 0) is 36.3 Å². The molecule has 1 aromatic carbocycles. The second-order valence-corrected chi connectivity index (χ2v) is 4.64. The quantitative estimate of drug-likeness (QED) is 0.654. The van der Waals surface area contributed by atoms with E-state index in [1.54, 1.807) is 12.1 Å². The van der Waals surface area contributed by atoms with E-state index in [4.69, 9.17) is 0 Å². The van der Waals surface area contributed by atoms with Gasteiger partial charge < -0.3 is 0 Å². The summed E-state index contributed by atoms with van der Waals surface area (Å²) in [7, 11) is 0. The van der Waals surface area contributed by atoms with E-state index in [-0.39, 0.29) is 5.82 Å². The lowest BCUT2D eigenvalue weighted by Gasteiger charge is -2.19. The van der Waals surface area contributed by atoms with E-state index in [1.165, 1.54) is 0 Å². The fourth-order valence-electron chi connectivity index (χ4n) is 2.12. The first-order chi connectivity index (χ1) is 7.15. The molecule has 0 amide bonds. The van der Waals surface area contributed by atoms with Gasteiger partial charge in [0.05, 0.1) is 0 Å². The van der Waals surface area contributed by atoms with Crippen molar-refractivity contribution < 1.29 is 4.39 Å². The summed E-state index contributed by atoms with van der Waals surface area (Å²) in [5, 5.41) is 0. The van der Waals surface area contributed by atoms with Gasteiger partial charge in [-0.3, -0.25) is 0 Å². The number of hydrogen-bond acceptors (Lipinski definition) is 0. The SMILES string of the molecule is CCCC(CC(C)C)c1ccccc1F. The second kappa shape index (κ2) is 5.89. The van der Waals surface area contributed by atoms with Gasteiger partial charge >= 0.3 is 0 Å². The zero-order chi connectivity index (χ0) is 11.3. The molecule has 0 heterocycles. The predicted octanol–water partition coefficient (Wildman–Crippen LogP) is 4.76. The van der Waals surface area contributed by atoms with Gasteiger partial charge in [-0.25, -0.2) is 4.39 Å². The highest BCUT2D eigenvalue weighted by atomic mass is 19.1. The Labute approximate surface area is 92.5 Å². The van der Waals surface area contributed by atoms with Crippen molar-refractivity contribution in [1.29, 1.82) is 0 Å². The van der Waals surface area contributed by atoms with Crippen LogP contribution < -0.4 is 0 Å². The highest BCUT2D eigenvalue weighted by Crippen LogP contribution is 2.29. The molecule has 0 aliphatic heterocycles. The fraction of sp³-hybridized carbons (Fsp3) is 0.571. The van der Waals surface area contributed by atoms with E-state index in [0.717, 1.165) is 24.8 Å². The predicted molar refractivity (Wildman–Crippen MR) is 63.5 cm³/mol. The largest absolute Gasteiger partial charge is 0.207 e. The van der Waals surface area contributed by atoms with Crippen LogP contribution in [0.1, 0.15) is 51.5 Å². The van der Waals surface area contributed by atoms with Gasteiger partial charge in [0.1, 0.15) is 5.82 Å². The molecule has 0 aliphatic carbocycles. The smallest absolute Gasteiger partial charge is 0.126 e. The average molecular weight is 208 g/mol. The Hall–Kier alpha value is -0.850. The Balaban J connectivity index is 2.83. The molecule has 1 atom stereocenters. The van der Waals surface area contributed by atoms with Gasteiger partial charge in [0, 0.05) is 0 Å². The van der Waals surface area contributed by atoms with Crippen molar-refractivity contribution in [3.05, 3.63) is 35.6 Å². The monoisotopic (exact) mass is 208 g/mol. The maximum atomic E-state index is 13.6. The summed E-state index contributed by atoms with van der Waals surface area (Å²) in [4.78, 5) is 0. The molecule has 0 nitrogen and oxygen atoms in total. The number of hydrogen-bond donors (Lipinski definition) is 0. The minimum Gasteiger partial charge on any atom is -0.207 e. The van der Waals surface area contributed by atoms with Crippen LogP contribution in [0.4, 0.5) is 4.39 Å². The molecule has 0 saturated carbocycles. The van der Waals surface area contributed by atoms with Gasteiger partial charge in [-0.15, -0.1) is 0 Å².